The van der Waals surface area contributed by atoms with Crippen LogP contribution in [0.3, 0.4) is 0 Å². The number of aliphatic imine (C=N–C) groups is 1. The van der Waals surface area contributed by atoms with Crippen molar-refractivity contribution in [3.05, 3.63) is 54.1 Å². The van der Waals surface area contributed by atoms with Gasteiger partial charge in [-0.15, -0.1) is 0 Å². The molecule has 0 radical (unpaired) electrons. The van der Waals surface area contributed by atoms with Crippen LogP contribution >= 0.6 is 11.8 Å². The Labute approximate surface area is 146 Å². The topological polar surface area (TPSA) is 42.6 Å². The van der Waals surface area contributed by atoms with Gasteiger partial charge in [0.15, 0.2) is 5.17 Å². The Bertz CT molecular complexity index is 730. The van der Waals surface area contributed by atoms with Gasteiger partial charge in [0.1, 0.15) is 6.04 Å². The fourth-order valence-corrected chi connectivity index (χ4v) is 4.62. The second-order valence-corrected chi connectivity index (χ2v) is 7.66. The summed E-state index contributed by atoms with van der Waals surface area (Å²) in [6, 6.07) is 10.7. The lowest BCUT2D eigenvalue weighted by Crippen LogP contribution is -2.30. The molecule has 2 aliphatic heterocycles. The molecule has 2 aromatic rings. The van der Waals surface area contributed by atoms with Crippen LogP contribution in [-0.4, -0.2) is 45.1 Å². The summed E-state index contributed by atoms with van der Waals surface area (Å²) >= 11 is 1.87. The molecule has 0 spiro atoms. The second kappa shape index (κ2) is 6.61. The first-order valence-electron chi connectivity index (χ1n) is 8.34. The molecule has 126 valence electrons. The van der Waals surface area contributed by atoms with Crippen molar-refractivity contribution in [3.8, 4) is 0 Å². The van der Waals surface area contributed by atoms with E-state index < -0.39 is 0 Å². The van der Waals surface area contributed by atoms with E-state index in [0.29, 0.717) is 11.9 Å². The van der Waals surface area contributed by atoms with Gasteiger partial charge in [-0.05, 0) is 24.3 Å². The molecular weight excluding hydrogens is 320 g/mol. The number of aromatic nitrogens is 2. The molecule has 4 rings (SSSR count). The van der Waals surface area contributed by atoms with E-state index in [1.165, 1.54) is 5.69 Å². The molecule has 0 N–H and O–H groups in total. The summed E-state index contributed by atoms with van der Waals surface area (Å²) in [5.41, 5.74) is 2.33. The normalized spacial score (nSPS) is 25.8. The summed E-state index contributed by atoms with van der Waals surface area (Å²) in [4.78, 5) is 12.1. The van der Waals surface area contributed by atoms with Crippen molar-refractivity contribution in [1.29, 1.82) is 0 Å². The smallest absolute Gasteiger partial charge is 0.160 e. The zero-order valence-corrected chi connectivity index (χ0v) is 14.8. The van der Waals surface area contributed by atoms with Crippen LogP contribution < -0.4 is 0 Å². The van der Waals surface area contributed by atoms with Crippen LogP contribution in [0.25, 0.3) is 0 Å². The van der Waals surface area contributed by atoms with Crippen LogP contribution in [0.2, 0.25) is 0 Å². The van der Waals surface area contributed by atoms with Crippen molar-refractivity contribution in [1.82, 2.24) is 14.5 Å². The molecule has 6 heteroatoms. The van der Waals surface area contributed by atoms with E-state index in [0.717, 1.165) is 24.0 Å². The number of pyridine rings is 1. The van der Waals surface area contributed by atoms with Crippen molar-refractivity contribution in [3.63, 3.8) is 0 Å². The number of hydrogen-bond acceptors (Lipinski definition) is 5. The van der Waals surface area contributed by atoms with Gasteiger partial charge in [-0.3, -0.25) is 9.98 Å². The number of rotatable bonds is 5. The minimum Gasteiger partial charge on any atom is -0.383 e. The van der Waals surface area contributed by atoms with Gasteiger partial charge in [-0.2, -0.15) is 0 Å². The number of methoxy groups -OCH3 is 1. The summed E-state index contributed by atoms with van der Waals surface area (Å²) in [5.74, 6) is 0. The highest BCUT2D eigenvalue weighted by molar-refractivity contribution is 8.14. The molecule has 2 aromatic heterocycles. The predicted molar refractivity (Wildman–Crippen MR) is 97.2 cm³/mol. The molecule has 3 atom stereocenters. The maximum Gasteiger partial charge on any atom is 0.160 e. The lowest BCUT2D eigenvalue weighted by molar-refractivity contribution is 0.184. The highest BCUT2D eigenvalue weighted by Gasteiger charge is 2.44. The number of nitrogens with zero attached hydrogens (tertiary/aromatic N) is 4. The summed E-state index contributed by atoms with van der Waals surface area (Å²) in [7, 11) is 1.75. The molecule has 4 heterocycles. The number of fused-ring (bicyclic) bond motifs is 1. The van der Waals surface area contributed by atoms with Crippen LogP contribution in [0.5, 0.6) is 0 Å². The fourth-order valence-electron chi connectivity index (χ4n) is 3.53. The predicted octanol–water partition coefficient (Wildman–Crippen LogP) is 3.12. The van der Waals surface area contributed by atoms with Crippen molar-refractivity contribution >= 4 is 16.9 Å². The van der Waals surface area contributed by atoms with E-state index in [9.17, 15) is 0 Å². The number of hydrogen-bond donors (Lipinski definition) is 0. The average molecular weight is 342 g/mol. The molecule has 0 aliphatic carbocycles. The standard InChI is InChI=1S/C18H22N4OS/c1-13-12-22-17(15-7-5-9-21(15)10-11-23-2)16(20-18(22)24-13)14-6-3-4-8-19-14/h3-9,13,16-17H,10-12H2,1-2H3. The second-order valence-electron chi connectivity index (χ2n) is 6.26. The van der Waals surface area contributed by atoms with E-state index in [1.54, 1.807) is 7.11 Å². The molecular formula is C18H22N4OS. The van der Waals surface area contributed by atoms with Crippen LogP contribution in [0.4, 0.5) is 0 Å². The average Bonchev–Trinajstić information content (AvgIpc) is 3.27. The van der Waals surface area contributed by atoms with E-state index in [1.807, 2.05) is 30.1 Å². The van der Waals surface area contributed by atoms with Crippen molar-refractivity contribution in [2.75, 3.05) is 20.3 Å². The molecule has 0 aromatic carbocycles. The van der Waals surface area contributed by atoms with Crippen molar-refractivity contribution in [2.45, 2.75) is 30.8 Å². The van der Waals surface area contributed by atoms with Crippen molar-refractivity contribution in [2.24, 2.45) is 4.99 Å². The molecule has 0 saturated carbocycles. The molecule has 2 aliphatic rings. The lowest BCUT2D eigenvalue weighted by Gasteiger charge is -2.28. The highest BCUT2D eigenvalue weighted by Crippen LogP contribution is 2.47. The van der Waals surface area contributed by atoms with Gasteiger partial charge in [-0.1, -0.05) is 24.8 Å². The van der Waals surface area contributed by atoms with Gasteiger partial charge in [0.25, 0.3) is 0 Å². The Morgan fingerprint density at radius 3 is 3.00 bits per heavy atom. The largest absolute Gasteiger partial charge is 0.383 e. The number of thioether (sulfide) groups is 1. The Morgan fingerprint density at radius 2 is 2.21 bits per heavy atom. The van der Waals surface area contributed by atoms with Crippen LogP contribution in [0.1, 0.15) is 30.4 Å². The third-order valence-corrected chi connectivity index (χ3v) is 5.69. The zero-order chi connectivity index (χ0) is 16.5. The van der Waals surface area contributed by atoms with E-state index in [2.05, 4.69) is 45.8 Å². The monoisotopic (exact) mass is 342 g/mol. The molecule has 3 unspecified atom stereocenters. The quantitative estimate of drug-likeness (QED) is 0.837. The third kappa shape index (κ3) is 2.74. The van der Waals surface area contributed by atoms with Gasteiger partial charge in [0, 0.05) is 43.5 Å². The van der Waals surface area contributed by atoms with Crippen LogP contribution in [0, 0.1) is 0 Å². The molecule has 1 fully saturated rings. The first-order chi connectivity index (χ1) is 11.8. The number of ether oxygens (including phenoxy) is 1. The van der Waals surface area contributed by atoms with Gasteiger partial charge in [-0.25, -0.2) is 0 Å². The Balaban J connectivity index is 1.72. The molecule has 1 saturated heterocycles. The first kappa shape index (κ1) is 15.7. The van der Waals surface area contributed by atoms with Crippen LogP contribution in [0.15, 0.2) is 47.7 Å². The Kier molecular flexibility index (Phi) is 4.33. The molecule has 5 nitrogen and oxygen atoms in total. The molecule has 24 heavy (non-hydrogen) atoms. The summed E-state index contributed by atoms with van der Waals surface area (Å²) in [5, 5.41) is 1.74. The fraction of sp³-hybridized carbons (Fsp3) is 0.444. The minimum atomic E-state index is 0.0531. The van der Waals surface area contributed by atoms with Gasteiger partial charge < -0.3 is 14.2 Å². The van der Waals surface area contributed by atoms with E-state index in [4.69, 9.17) is 9.73 Å². The zero-order valence-electron chi connectivity index (χ0n) is 14.0. The summed E-state index contributed by atoms with van der Waals surface area (Å²) < 4.78 is 7.56. The maximum atomic E-state index is 5.27. The lowest BCUT2D eigenvalue weighted by atomic mass is 10.0. The van der Waals surface area contributed by atoms with Crippen LogP contribution in [-0.2, 0) is 11.3 Å². The Morgan fingerprint density at radius 1 is 1.29 bits per heavy atom. The van der Waals surface area contributed by atoms with Crippen molar-refractivity contribution < 1.29 is 4.74 Å². The molecule has 0 amide bonds. The van der Waals surface area contributed by atoms with E-state index >= 15 is 0 Å². The summed E-state index contributed by atoms with van der Waals surface area (Å²) in [6.07, 6.45) is 3.99. The minimum absolute atomic E-state index is 0.0531. The highest BCUT2D eigenvalue weighted by atomic mass is 32.2. The summed E-state index contributed by atoms with van der Waals surface area (Å²) in [6.45, 7) is 4.87. The van der Waals surface area contributed by atoms with Gasteiger partial charge in [0.2, 0.25) is 0 Å². The first-order valence-corrected chi connectivity index (χ1v) is 9.22. The SMILES string of the molecule is COCCn1cccc1C1C(c2ccccn2)N=C2SC(C)CN21. The molecule has 0 bridgehead atoms. The maximum absolute atomic E-state index is 5.27. The number of amidine groups is 1. The van der Waals surface area contributed by atoms with Gasteiger partial charge in [0.05, 0.1) is 18.3 Å². The third-order valence-electron chi connectivity index (χ3n) is 4.59. The Hall–Kier alpha value is -1.79. The van der Waals surface area contributed by atoms with Gasteiger partial charge >= 0.3 is 0 Å². The van der Waals surface area contributed by atoms with E-state index in [-0.39, 0.29) is 12.1 Å².